The van der Waals surface area contributed by atoms with Crippen LogP contribution in [-0.4, -0.2) is 141 Å². The average Bonchev–Trinajstić information content (AvgIpc) is 3.78. The number of piperazine rings is 1. The molecule has 0 unspecified atom stereocenters. The van der Waals surface area contributed by atoms with Crippen LogP contribution in [0.4, 0.5) is 11.5 Å². The zero-order valence-electron chi connectivity index (χ0n) is 32.6. The third-order valence-electron chi connectivity index (χ3n) is 10.3. The topological polar surface area (TPSA) is 189 Å². The molecule has 2 atom stereocenters. The number of ether oxygens (including phenoxy) is 4. The molecule has 1 aromatic carbocycles. The van der Waals surface area contributed by atoms with E-state index < -0.39 is 5.97 Å². The minimum Gasteiger partial charge on any atom is -0.493 e. The van der Waals surface area contributed by atoms with E-state index in [-0.39, 0.29) is 12.3 Å². The molecule has 5 rings (SSSR count). The minimum atomic E-state index is -0.794. The van der Waals surface area contributed by atoms with Gasteiger partial charge in [0.1, 0.15) is 0 Å². The quantitative estimate of drug-likeness (QED) is 0.0598. The number of hydrogen-bond acceptors (Lipinski definition) is 12. The van der Waals surface area contributed by atoms with Crippen LogP contribution < -0.4 is 15.4 Å². The number of likely N-dealkylation sites (tertiary alicyclic amines) is 1. The number of carbonyl (C=O) groups is 1. The van der Waals surface area contributed by atoms with Crippen molar-refractivity contribution < 1.29 is 28.8 Å². The molecule has 3 aromatic rings. The van der Waals surface area contributed by atoms with Crippen LogP contribution in [0.15, 0.2) is 41.5 Å². The van der Waals surface area contributed by atoms with Gasteiger partial charge in [-0.3, -0.25) is 9.69 Å². The highest BCUT2D eigenvalue weighted by atomic mass is 16.5. The van der Waals surface area contributed by atoms with E-state index in [4.69, 9.17) is 35.3 Å². The Morgan fingerprint density at radius 2 is 1.71 bits per heavy atom. The van der Waals surface area contributed by atoms with Crippen molar-refractivity contribution in [3.8, 4) is 11.4 Å². The van der Waals surface area contributed by atoms with Crippen molar-refractivity contribution >= 4 is 17.5 Å². The fraction of sp³-hybridized carbons (Fsp3) is 0.615. The van der Waals surface area contributed by atoms with Crippen molar-refractivity contribution in [1.82, 2.24) is 24.6 Å². The van der Waals surface area contributed by atoms with Gasteiger partial charge in [0.05, 0.1) is 64.6 Å². The number of azide groups is 1. The van der Waals surface area contributed by atoms with Crippen LogP contribution in [0.2, 0.25) is 0 Å². The van der Waals surface area contributed by atoms with Crippen molar-refractivity contribution in [2.24, 2.45) is 11.0 Å². The second kappa shape index (κ2) is 21.6. The maximum atomic E-state index is 12.3. The largest absolute Gasteiger partial charge is 0.493 e. The summed E-state index contributed by atoms with van der Waals surface area (Å²) in [5, 5.41) is 18.3. The van der Waals surface area contributed by atoms with E-state index in [9.17, 15) is 9.90 Å². The van der Waals surface area contributed by atoms with Crippen LogP contribution in [0.25, 0.3) is 16.1 Å². The van der Waals surface area contributed by atoms with E-state index in [1.165, 1.54) is 0 Å². The number of hydrogen-bond donors (Lipinski definition) is 2. The average molecular weight is 763 g/mol. The third-order valence-corrected chi connectivity index (χ3v) is 10.3. The van der Waals surface area contributed by atoms with E-state index in [1.54, 1.807) is 7.11 Å². The first-order valence-corrected chi connectivity index (χ1v) is 19.4. The monoisotopic (exact) mass is 762 g/mol. The van der Waals surface area contributed by atoms with Gasteiger partial charge in [-0.05, 0) is 93.1 Å². The van der Waals surface area contributed by atoms with Crippen molar-refractivity contribution in [3.05, 3.63) is 69.5 Å². The van der Waals surface area contributed by atoms with Crippen LogP contribution in [0.5, 0.6) is 5.75 Å². The Balaban J connectivity index is 1.16. The molecule has 3 N–H and O–H groups in total. The summed E-state index contributed by atoms with van der Waals surface area (Å²) in [6.07, 6.45) is 2.97. The van der Waals surface area contributed by atoms with Crippen molar-refractivity contribution in [3.63, 3.8) is 0 Å². The summed E-state index contributed by atoms with van der Waals surface area (Å²) in [4.78, 5) is 26.8. The molecule has 2 saturated heterocycles. The molecule has 0 spiro atoms. The summed E-state index contributed by atoms with van der Waals surface area (Å²) in [5.41, 5.74) is 20.3. The standard InChI is InChI=1S/C39H58N10O6/c1-29-22-30(2)49(44-29)36-24-32(33(25-38(50)51)28-47-10-8-31(27-47)4-5-34-6-7-37(52-3)39(40)43-34)23-35(26-36)48-13-11-46(12-14-48)15-17-54-19-21-55-20-18-53-16-9-42-45-41/h6-7,22-24,26,31,33H,4-5,8-21,25,27-28H2,1-3H3,(H2,40,43)(H,50,51)/t31-,33-/m1/s1. The number of nitrogens with zero attached hydrogens (tertiary/aromatic N) is 9. The molecule has 0 aliphatic carbocycles. The molecular weight excluding hydrogens is 704 g/mol. The molecule has 300 valence electrons. The van der Waals surface area contributed by atoms with Gasteiger partial charge in [0.2, 0.25) is 0 Å². The fourth-order valence-corrected chi connectivity index (χ4v) is 7.46. The number of benzene rings is 1. The van der Waals surface area contributed by atoms with Gasteiger partial charge in [0.15, 0.2) is 11.6 Å². The van der Waals surface area contributed by atoms with Gasteiger partial charge in [0, 0.05) is 80.3 Å². The molecule has 4 heterocycles. The molecule has 2 fully saturated rings. The fourth-order valence-electron chi connectivity index (χ4n) is 7.46. The van der Waals surface area contributed by atoms with Gasteiger partial charge < -0.3 is 39.6 Å². The third kappa shape index (κ3) is 13.1. The Morgan fingerprint density at radius 1 is 0.982 bits per heavy atom. The molecule has 16 heteroatoms. The SMILES string of the molecule is COc1ccc(CC[C@@H]2CCN(C[C@@H](CC(=O)O)c3cc(N4CCN(CCOCCOCCOCCN=[N+]=[N-])CC4)cc(-n4nc(C)cc4C)c3)C2)nc1N. The number of carboxylic acid groups (broad SMARTS) is 1. The van der Waals surface area contributed by atoms with E-state index in [0.717, 1.165) is 99.1 Å². The Hall–Kier alpha value is -4.44. The number of methoxy groups -OCH3 is 1. The molecule has 2 aliphatic rings. The first-order chi connectivity index (χ1) is 26.7. The van der Waals surface area contributed by atoms with Gasteiger partial charge >= 0.3 is 5.97 Å². The summed E-state index contributed by atoms with van der Waals surface area (Å²) in [7, 11) is 1.59. The zero-order chi connectivity index (χ0) is 39.0. The molecule has 0 bridgehead atoms. The first-order valence-electron chi connectivity index (χ1n) is 19.4. The summed E-state index contributed by atoms with van der Waals surface area (Å²) in [6, 6.07) is 12.5. The van der Waals surface area contributed by atoms with Crippen LogP contribution >= 0.6 is 0 Å². The molecule has 55 heavy (non-hydrogen) atoms. The zero-order valence-corrected chi connectivity index (χ0v) is 32.6. The van der Waals surface area contributed by atoms with Crippen LogP contribution in [-0.2, 0) is 25.4 Å². The number of aromatic nitrogens is 3. The lowest BCUT2D eigenvalue weighted by Crippen LogP contribution is -2.47. The lowest BCUT2D eigenvalue weighted by atomic mass is 9.93. The van der Waals surface area contributed by atoms with Gasteiger partial charge in [-0.25, -0.2) is 9.67 Å². The molecule has 16 nitrogen and oxygen atoms in total. The van der Waals surface area contributed by atoms with Gasteiger partial charge in [-0.15, -0.1) is 0 Å². The number of aryl methyl sites for hydroxylation is 3. The normalized spacial score (nSPS) is 17.0. The van der Waals surface area contributed by atoms with Gasteiger partial charge in [-0.2, -0.15) is 5.10 Å². The summed E-state index contributed by atoms with van der Waals surface area (Å²) in [5.74, 6) is 0.549. The number of pyridine rings is 1. The van der Waals surface area contributed by atoms with E-state index in [1.807, 2.05) is 23.7 Å². The molecular formula is C39H58N10O6. The molecule has 2 aromatic heterocycles. The smallest absolute Gasteiger partial charge is 0.304 e. The number of carboxylic acids is 1. The van der Waals surface area contributed by atoms with E-state index in [2.05, 4.69) is 60.9 Å². The van der Waals surface area contributed by atoms with E-state index >= 15 is 0 Å². The maximum Gasteiger partial charge on any atom is 0.304 e. The van der Waals surface area contributed by atoms with Crippen molar-refractivity contribution in [2.75, 3.05) is 116 Å². The van der Waals surface area contributed by atoms with Crippen LogP contribution in [0.1, 0.15) is 47.8 Å². The molecule has 2 aliphatic heterocycles. The first kappa shape index (κ1) is 41.7. The number of nitrogens with two attached hydrogens (primary N) is 1. The van der Waals surface area contributed by atoms with Gasteiger partial charge in [-0.1, -0.05) is 5.11 Å². The Morgan fingerprint density at radius 3 is 2.38 bits per heavy atom. The predicted octanol–water partition coefficient (Wildman–Crippen LogP) is 4.47. The summed E-state index contributed by atoms with van der Waals surface area (Å²) >= 11 is 0. The predicted molar refractivity (Wildman–Crippen MR) is 211 cm³/mol. The van der Waals surface area contributed by atoms with Crippen LogP contribution in [0, 0.1) is 19.8 Å². The minimum absolute atomic E-state index is 0.0572. The number of aliphatic carboxylic acids is 1. The Kier molecular flexibility index (Phi) is 16.4. The lowest BCUT2D eigenvalue weighted by molar-refractivity contribution is -0.137. The second-order valence-corrected chi connectivity index (χ2v) is 14.4. The summed E-state index contributed by atoms with van der Waals surface area (Å²) in [6.45, 7) is 14.3. The molecule has 0 amide bonds. The Labute approximate surface area is 324 Å². The number of nitrogen functional groups attached to an aromatic ring is 1. The maximum absolute atomic E-state index is 12.3. The molecule has 0 saturated carbocycles. The van der Waals surface area contributed by atoms with Gasteiger partial charge in [0.25, 0.3) is 0 Å². The van der Waals surface area contributed by atoms with Crippen molar-refractivity contribution in [2.45, 2.75) is 45.4 Å². The van der Waals surface area contributed by atoms with E-state index in [0.29, 0.717) is 70.2 Å². The highest BCUT2D eigenvalue weighted by Gasteiger charge is 2.28. The lowest BCUT2D eigenvalue weighted by Gasteiger charge is -2.36. The molecule has 0 radical (unpaired) electrons. The number of anilines is 2. The Bertz CT molecular complexity index is 1710. The highest BCUT2D eigenvalue weighted by Crippen LogP contribution is 2.32. The number of rotatable bonds is 23. The van der Waals surface area contributed by atoms with Crippen LogP contribution in [0.3, 0.4) is 0 Å². The second-order valence-electron chi connectivity index (χ2n) is 14.4. The van der Waals surface area contributed by atoms with Crippen molar-refractivity contribution in [1.29, 1.82) is 0 Å². The highest BCUT2D eigenvalue weighted by molar-refractivity contribution is 5.68. The summed E-state index contributed by atoms with van der Waals surface area (Å²) < 4.78 is 23.9.